The molecule has 1 aliphatic rings. The Labute approximate surface area is 210 Å². The molecular formula is C28H32N2O4S. The lowest BCUT2D eigenvalue weighted by molar-refractivity contribution is 0.0526. The Hall–Kier alpha value is -3.16. The number of fused-ring (bicyclic) bond motifs is 1. The molecule has 0 spiro atoms. The summed E-state index contributed by atoms with van der Waals surface area (Å²) in [6.45, 7) is 7.29. The number of nitrogens with zero attached hydrogens (tertiary/aromatic N) is 1. The second kappa shape index (κ2) is 12.0. The van der Waals surface area contributed by atoms with Crippen LogP contribution in [-0.2, 0) is 24.2 Å². The lowest BCUT2D eigenvalue weighted by Crippen LogP contribution is -2.29. The van der Waals surface area contributed by atoms with Crippen LogP contribution in [0.5, 0.6) is 5.75 Å². The van der Waals surface area contributed by atoms with Crippen LogP contribution in [0.15, 0.2) is 54.6 Å². The summed E-state index contributed by atoms with van der Waals surface area (Å²) in [6, 6.07) is 17.5. The molecule has 1 aliphatic heterocycles. The van der Waals surface area contributed by atoms with Crippen LogP contribution in [0.3, 0.4) is 0 Å². The summed E-state index contributed by atoms with van der Waals surface area (Å²) in [6.07, 6.45) is 2.80. The quantitative estimate of drug-likeness (QED) is 0.281. The predicted molar refractivity (Wildman–Crippen MR) is 139 cm³/mol. The first-order valence-electron chi connectivity index (χ1n) is 12.2. The Morgan fingerprint density at radius 2 is 1.83 bits per heavy atom. The number of thiophene rings is 1. The minimum atomic E-state index is -0.378. The Balaban J connectivity index is 1.51. The normalized spacial score (nSPS) is 13.2. The number of ether oxygens (including phenoxy) is 2. The van der Waals surface area contributed by atoms with Crippen molar-refractivity contribution in [1.82, 2.24) is 4.90 Å². The van der Waals surface area contributed by atoms with Crippen LogP contribution in [0.2, 0.25) is 0 Å². The van der Waals surface area contributed by atoms with Crippen LogP contribution in [0, 0.1) is 0 Å². The number of hydrogen-bond acceptors (Lipinski definition) is 6. The molecule has 0 fully saturated rings. The molecule has 0 saturated heterocycles. The molecule has 1 N–H and O–H groups in total. The SMILES string of the molecule is CCCCOc1ccc(C(=O)Nc2sc3c(c2C(=O)OCC)CCN(Cc2ccccc2)C3)cc1. The molecule has 0 atom stereocenters. The average molecular weight is 493 g/mol. The number of nitrogens with one attached hydrogen (secondary N) is 1. The zero-order valence-electron chi connectivity index (χ0n) is 20.3. The van der Waals surface area contributed by atoms with E-state index in [0.29, 0.717) is 22.7 Å². The highest BCUT2D eigenvalue weighted by Gasteiger charge is 2.29. The Morgan fingerprint density at radius 3 is 2.54 bits per heavy atom. The van der Waals surface area contributed by atoms with E-state index in [1.165, 1.54) is 16.9 Å². The van der Waals surface area contributed by atoms with Crippen molar-refractivity contribution in [3.63, 3.8) is 0 Å². The molecule has 0 unspecified atom stereocenters. The Kier molecular flexibility index (Phi) is 8.55. The van der Waals surface area contributed by atoms with Gasteiger partial charge < -0.3 is 14.8 Å². The molecule has 0 aliphatic carbocycles. The van der Waals surface area contributed by atoms with Gasteiger partial charge in [-0.15, -0.1) is 11.3 Å². The largest absolute Gasteiger partial charge is 0.494 e. The van der Waals surface area contributed by atoms with Crippen molar-refractivity contribution in [1.29, 1.82) is 0 Å². The standard InChI is InChI=1S/C28H32N2O4S/c1-3-5-17-34-22-13-11-21(12-14-22)26(31)29-27-25(28(32)33-4-2)23-15-16-30(19-24(23)35-27)18-20-9-7-6-8-10-20/h6-14H,3-5,15-19H2,1-2H3,(H,29,31). The molecule has 4 rings (SSSR count). The van der Waals surface area contributed by atoms with E-state index in [2.05, 4.69) is 29.3 Å². The first kappa shape index (κ1) is 24.9. The lowest BCUT2D eigenvalue weighted by atomic mass is 10.0. The monoisotopic (exact) mass is 492 g/mol. The van der Waals surface area contributed by atoms with Gasteiger partial charge in [-0.1, -0.05) is 43.7 Å². The van der Waals surface area contributed by atoms with Gasteiger partial charge in [0.25, 0.3) is 5.91 Å². The summed E-state index contributed by atoms with van der Waals surface area (Å²) in [7, 11) is 0. The van der Waals surface area contributed by atoms with Gasteiger partial charge in [-0.25, -0.2) is 4.79 Å². The number of amides is 1. The maximum absolute atomic E-state index is 13.0. The second-order valence-corrected chi connectivity index (χ2v) is 9.66. The molecule has 3 aromatic rings. The van der Waals surface area contributed by atoms with E-state index in [9.17, 15) is 9.59 Å². The molecule has 7 heteroatoms. The lowest BCUT2D eigenvalue weighted by Gasteiger charge is -2.27. The Bertz CT molecular complexity index is 1140. The fraction of sp³-hybridized carbons (Fsp3) is 0.357. The van der Waals surface area contributed by atoms with Gasteiger partial charge in [0.2, 0.25) is 0 Å². The van der Waals surface area contributed by atoms with Crippen molar-refractivity contribution in [3.8, 4) is 5.75 Å². The van der Waals surface area contributed by atoms with Gasteiger partial charge in [0, 0.05) is 30.1 Å². The fourth-order valence-corrected chi connectivity index (χ4v) is 5.43. The third-order valence-corrected chi connectivity index (χ3v) is 7.11. The van der Waals surface area contributed by atoms with Crippen molar-refractivity contribution in [2.45, 2.75) is 46.2 Å². The van der Waals surface area contributed by atoms with Gasteiger partial charge in [0.15, 0.2) is 0 Å². The van der Waals surface area contributed by atoms with Gasteiger partial charge in [-0.3, -0.25) is 9.69 Å². The van der Waals surface area contributed by atoms with Crippen LogP contribution in [0.1, 0.15) is 63.4 Å². The van der Waals surface area contributed by atoms with E-state index < -0.39 is 0 Å². The van der Waals surface area contributed by atoms with Crippen LogP contribution < -0.4 is 10.1 Å². The molecule has 184 valence electrons. The summed E-state index contributed by atoms with van der Waals surface area (Å²) in [5.74, 6) is 0.110. The van der Waals surface area contributed by atoms with Crippen molar-refractivity contribution in [3.05, 3.63) is 81.7 Å². The third-order valence-electron chi connectivity index (χ3n) is 5.97. The highest BCUT2D eigenvalue weighted by Crippen LogP contribution is 2.38. The minimum absolute atomic E-state index is 0.254. The molecule has 0 radical (unpaired) electrons. The maximum atomic E-state index is 13.0. The molecule has 6 nitrogen and oxygen atoms in total. The summed E-state index contributed by atoms with van der Waals surface area (Å²) < 4.78 is 11.0. The topological polar surface area (TPSA) is 67.9 Å². The molecule has 0 saturated carbocycles. The van der Waals surface area contributed by atoms with Crippen molar-refractivity contribution in [2.24, 2.45) is 0 Å². The smallest absolute Gasteiger partial charge is 0.341 e. The Morgan fingerprint density at radius 1 is 1.06 bits per heavy atom. The molecule has 2 aromatic carbocycles. The number of esters is 1. The van der Waals surface area contributed by atoms with Crippen molar-refractivity contribution < 1.29 is 19.1 Å². The average Bonchev–Trinajstić information content (AvgIpc) is 3.22. The van der Waals surface area contributed by atoms with Gasteiger partial charge >= 0.3 is 5.97 Å². The maximum Gasteiger partial charge on any atom is 0.341 e. The number of benzene rings is 2. The van der Waals surface area contributed by atoms with E-state index in [1.54, 1.807) is 31.2 Å². The van der Waals surface area contributed by atoms with Gasteiger partial charge in [0.05, 0.1) is 18.8 Å². The number of carbonyl (C=O) groups is 2. The van der Waals surface area contributed by atoms with Gasteiger partial charge in [-0.2, -0.15) is 0 Å². The summed E-state index contributed by atoms with van der Waals surface area (Å²) in [5, 5.41) is 3.54. The van der Waals surface area contributed by atoms with E-state index in [1.807, 2.05) is 18.2 Å². The number of hydrogen-bond donors (Lipinski definition) is 1. The number of unbranched alkanes of at least 4 members (excludes halogenated alkanes) is 1. The summed E-state index contributed by atoms with van der Waals surface area (Å²) in [4.78, 5) is 29.4. The fourth-order valence-electron chi connectivity index (χ4n) is 4.15. The highest BCUT2D eigenvalue weighted by atomic mass is 32.1. The molecule has 2 heterocycles. The molecule has 1 amide bonds. The van der Waals surface area contributed by atoms with E-state index in [0.717, 1.165) is 55.1 Å². The zero-order chi connectivity index (χ0) is 24.6. The van der Waals surface area contributed by atoms with Crippen LogP contribution in [-0.4, -0.2) is 36.5 Å². The van der Waals surface area contributed by atoms with Crippen LogP contribution in [0.4, 0.5) is 5.00 Å². The van der Waals surface area contributed by atoms with E-state index in [-0.39, 0.29) is 18.5 Å². The number of carbonyl (C=O) groups excluding carboxylic acids is 2. The van der Waals surface area contributed by atoms with Crippen molar-refractivity contribution >= 4 is 28.2 Å². The van der Waals surface area contributed by atoms with E-state index in [4.69, 9.17) is 9.47 Å². The molecule has 35 heavy (non-hydrogen) atoms. The predicted octanol–water partition coefficient (Wildman–Crippen LogP) is 5.91. The molecule has 1 aromatic heterocycles. The van der Waals surface area contributed by atoms with Gasteiger partial charge in [-0.05, 0) is 55.2 Å². The summed E-state index contributed by atoms with van der Waals surface area (Å²) >= 11 is 1.47. The zero-order valence-corrected chi connectivity index (χ0v) is 21.2. The van der Waals surface area contributed by atoms with E-state index >= 15 is 0 Å². The first-order chi connectivity index (χ1) is 17.1. The van der Waals surface area contributed by atoms with Crippen LogP contribution >= 0.6 is 11.3 Å². The third kappa shape index (κ3) is 6.29. The van der Waals surface area contributed by atoms with Gasteiger partial charge in [0.1, 0.15) is 10.8 Å². The first-order valence-corrected chi connectivity index (χ1v) is 13.0. The highest BCUT2D eigenvalue weighted by molar-refractivity contribution is 7.17. The van der Waals surface area contributed by atoms with Crippen LogP contribution in [0.25, 0.3) is 0 Å². The molecular weight excluding hydrogens is 460 g/mol. The number of anilines is 1. The second-order valence-electron chi connectivity index (χ2n) is 8.56. The summed E-state index contributed by atoms with van der Waals surface area (Å²) in [5.41, 5.74) is 3.26. The molecule has 0 bridgehead atoms. The minimum Gasteiger partial charge on any atom is -0.494 e. The number of rotatable bonds is 10. The van der Waals surface area contributed by atoms with Crippen molar-refractivity contribution in [2.75, 3.05) is 25.1 Å².